The Bertz CT molecular complexity index is 510. The number of halogens is 3. The largest absolute Gasteiger partial charge is 0.478 e. The average Bonchev–Trinajstić information content (AvgIpc) is 2.34. The molecule has 0 aromatic heterocycles. The molecule has 0 atom stereocenters. The first-order valence-electron chi connectivity index (χ1n) is 6.48. The second kappa shape index (κ2) is 7.26. The van der Waals surface area contributed by atoms with Gasteiger partial charge in [-0.25, -0.2) is 4.79 Å². The van der Waals surface area contributed by atoms with Crippen molar-refractivity contribution in [1.82, 2.24) is 4.90 Å². The summed E-state index contributed by atoms with van der Waals surface area (Å²) in [6, 6.07) is 6.56. The summed E-state index contributed by atoms with van der Waals surface area (Å²) in [6.45, 7) is 2.60. The maximum absolute atomic E-state index is 12.5. The summed E-state index contributed by atoms with van der Waals surface area (Å²) < 4.78 is 37.6. The molecule has 0 saturated carbocycles. The Balaban J connectivity index is 2.84. The van der Waals surface area contributed by atoms with Crippen molar-refractivity contribution in [3.05, 3.63) is 41.5 Å². The van der Waals surface area contributed by atoms with E-state index >= 15 is 0 Å². The summed E-state index contributed by atoms with van der Waals surface area (Å²) in [5, 5.41) is 8.57. The van der Waals surface area contributed by atoms with Crippen LogP contribution in [0.5, 0.6) is 0 Å². The van der Waals surface area contributed by atoms with Gasteiger partial charge in [-0.1, -0.05) is 24.3 Å². The SMILES string of the molecule is CC(C)N(Cc1cccc(C=CC(=O)O)c1)CC(F)(F)F. The zero-order valence-electron chi connectivity index (χ0n) is 11.9. The monoisotopic (exact) mass is 301 g/mol. The van der Waals surface area contributed by atoms with Crippen molar-refractivity contribution in [3.8, 4) is 0 Å². The first-order chi connectivity index (χ1) is 9.67. The summed E-state index contributed by atoms with van der Waals surface area (Å²) in [6.07, 6.45) is -1.84. The van der Waals surface area contributed by atoms with Crippen LogP contribution in [0.15, 0.2) is 30.3 Å². The van der Waals surface area contributed by atoms with Crippen LogP contribution in [0.25, 0.3) is 6.08 Å². The Morgan fingerprint density at radius 3 is 2.57 bits per heavy atom. The third-order valence-corrected chi connectivity index (χ3v) is 2.87. The molecule has 0 aliphatic rings. The van der Waals surface area contributed by atoms with Gasteiger partial charge in [0.05, 0.1) is 6.54 Å². The van der Waals surface area contributed by atoms with Gasteiger partial charge in [-0.15, -0.1) is 0 Å². The zero-order valence-corrected chi connectivity index (χ0v) is 11.9. The number of aliphatic carboxylic acids is 1. The number of carbonyl (C=O) groups is 1. The molecular weight excluding hydrogens is 283 g/mol. The molecule has 1 N–H and O–H groups in total. The van der Waals surface area contributed by atoms with Crippen molar-refractivity contribution in [2.24, 2.45) is 0 Å². The molecule has 0 saturated heterocycles. The topological polar surface area (TPSA) is 40.5 Å². The number of carboxylic acid groups (broad SMARTS) is 1. The van der Waals surface area contributed by atoms with Crippen molar-refractivity contribution in [3.63, 3.8) is 0 Å². The molecule has 0 aliphatic carbocycles. The van der Waals surface area contributed by atoms with Crippen LogP contribution < -0.4 is 0 Å². The molecule has 0 bridgehead atoms. The minimum Gasteiger partial charge on any atom is -0.478 e. The minimum atomic E-state index is -4.24. The third kappa shape index (κ3) is 6.94. The lowest BCUT2D eigenvalue weighted by molar-refractivity contribution is -0.150. The van der Waals surface area contributed by atoms with Gasteiger partial charge >= 0.3 is 12.1 Å². The Morgan fingerprint density at radius 2 is 2.05 bits per heavy atom. The highest BCUT2D eigenvalue weighted by Crippen LogP contribution is 2.20. The lowest BCUT2D eigenvalue weighted by Gasteiger charge is -2.27. The number of benzene rings is 1. The second-order valence-corrected chi connectivity index (χ2v) is 5.03. The molecule has 116 valence electrons. The van der Waals surface area contributed by atoms with E-state index in [0.717, 1.165) is 6.08 Å². The predicted molar refractivity (Wildman–Crippen MR) is 74.7 cm³/mol. The van der Waals surface area contributed by atoms with E-state index in [0.29, 0.717) is 11.1 Å². The van der Waals surface area contributed by atoms with E-state index in [1.165, 1.54) is 11.0 Å². The van der Waals surface area contributed by atoms with Crippen LogP contribution >= 0.6 is 0 Å². The Hall–Kier alpha value is -1.82. The molecule has 0 fully saturated rings. The zero-order chi connectivity index (χ0) is 16.0. The summed E-state index contributed by atoms with van der Waals surface area (Å²) in [5.41, 5.74) is 1.35. The van der Waals surface area contributed by atoms with E-state index in [-0.39, 0.29) is 12.6 Å². The molecule has 0 aliphatic heterocycles. The third-order valence-electron chi connectivity index (χ3n) is 2.87. The van der Waals surface area contributed by atoms with E-state index in [1.807, 2.05) is 0 Å². The molecule has 0 radical (unpaired) electrons. The molecule has 6 heteroatoms. The first-order valence-corrected chi connectivity index (χ1v) is 6.48. The number of alkyl halides is 3. The van der Waals surface area contributed by atoms with Crippen LogP contribution in [0.3, 0.4) is 0 Å². The van der Waals surface area contributed by atoms with Crippen LogP contribution in [-0.4, -0.2) is 34.7 Å². The second-order valence-electron chi connectivity index (χ2n) is 5.03. The number of hydrogen-bond acceptors (Lipinski definition) is 2. The van der Waals surface area contributed by atoms with Gasteiger partial charge in [0.1, 0.15) is 0 Å². The highest BCUT2D eigenvalue weighted by atomic mass is 19.4. The highest BCUT2D eigenvalue weighted by Gasteiger charge is 2.31. The quantitative estimate of drug-likeness (QED) is 0.817. The fourth-order valence-electron chi connectivity index (χ4n) is 1.85. The average molecular weight is 301 g/mol. The van der Waals surface area contributed by atoms with E-state index in [4.69, 9.17) is 5.11 Å². The van der Waals surface area contributed by atoms with Gasteiger partial charge in [0.25, 0.3) is 0 Å². The van der Waals surface area contributed by atoms with Gasteiger partial charge in [0.15, 0.2) is 0 Å². The van der Waals surface area contributed by atoms with E-state index in [1.54, 1.807) is 38.1 Å². The van der Waals surface area contributed by atoms with Crippen LogP contribution in [0, 0.1) is 0 Å². The predicted octanol–water partition coefficient (Wildman–Crippen LogP) is 3.56. The highest BCUT2D eigenvalue weighted by molar-refractivity contribution is 5.85. The van der Waals surface area contributed by atoms with E-state index < -0.39 is 18.7 Å². The van der Waals surface area contributed by atoms with Crippen LogP contribution in [0.1, 0.15) is 25.0 Å². The molecule has 0 unspecified atom stereocenters. The van der Waals surface area contributed by atoms with E-state index in [9.17, 15) is 18.0 Å². The van der Waals surface area contributed by atoms with Gasteiger partial charge in [0, 0.05) is 18.7 Å². The molecule has 0 amide bonds. The van der Waals surface area contributed by atoms with Gasteiger partial charge in [0.2, 0.25) is 0 Å². The summed E-state index contributed by atoms with van der Waals surface area (Å²) in [5.74, 6) is -1.07. The Kier molecular flexibility index (Phi) is 5.96. The number of nitrogens with zero attached hydrogens (tertiary/aromatic N) is 1. The molecule has 0 heterocycles. The summed E-state index contributed by atoms with van der Waals surface area (Å²) in [7, 11) is 0. The minimum absolute atomic E-state index is 0.159. The fraction of sp³-hybridized carbons (Fsp3) is 0.400. The standard InChI is InChI=1S/C15H18F3NO2/c1-11(2)19(10-15(16,17)18)9-13-5-3-4-12(8-13)6-7-14(20)21/h3-8,11H,9-10H2,1-2H3,(H,20,21). The summed E-state index contributed by atoms with van der Waals surface area (Å²) >= 11 is 0. The maximum atomic E-state index is 12.5. The number of hydrogen-bond donors (Lipinski definition) is 1. The van der Waals surface area contributed by atoms with Crippen molar-refractivity contribution in [2.75, 3.05) is 6.54 Å². The molecule has 3 nitrogen and oxygen atoms in total. The van der Waals surface area contributed by atoms with Gasteiger partial charge < -0.3 is 5.11 Å². The Morgan fingerprint density at radius 1 is 1.38 bits per heavy atom. The van der Waals surface area contributed by atoms with Gasteiger partial charge in [-0.05, 0) is 31.1 Å². The van der Waals surface area contributed by atoms with Crippen LogP contribution in [0.4, 0.5) is 13.2 Å². The number of rotatable bonds is 6. The van der Waals surface area contributed by atoms with Crippen LogP contribution in [0.2, 0.25) is 0 Å². The lowest BCUT2D eigenvalue weighted by Crippen LogP contribution is -2.38. The molecular formula is C15H18F3NO2. The van der Waals surface area contributed by atoms with Crippen molar-refractivity contribution in [1.29, 1.82) is 0 Å². The molecule has 21 heavy (non-hydrogen) atoms. The smallest absolute Gasteiger partial charge is 0.401 e. The van der Waals surface area contributed by atoms with E-state index in [2.05, 4.69) is 0 Å². The molecule has 0 spiro atoms. The maximum Gasteiger partial charge on any atom is 0.401 e. The van der Waals surface area contributed by atoms with Crippen molar-refractivity contribution in [2.45, 2.75) is 32.6 Å². The molecule has 1 aromatic rings. The van der Waals surface area contributed by atoms with Gasteiger partial charge in [-0.3, -0.25) is 4.90 Å². The van der Waals surface area contributed by atoms with Crippen molar-refractivity contribution < 1.29 is 23.1 Å². The number of carboxylic acids is 1. The Labute approximate surface area is 121 Å². The normalized spacial score (nSPS) is 12.5. The van der Waals surface area contributed by atoms with Crippen molar-refractivity contribution >= 4 is 12.0 Å². The molecule has 1 aromatic carbocycles. The fourth-order valence-corrected chi connectivity index (χ4v) is 1.85. The summed E-state index contributed by atoms with van der Waals surface area (Å²) in [4.78, 5) is 11.8. The van der Waals surface area contributed by atoms with Crippen LogP contribution in [-0.2, 0) is 11.3 Å². The first kappa shape index (κ1) is 17.2. The molecule has 1 rings (SSSR count). The van der Waals surface area contributed by atoms with Gasteiger partial charge in [-0.2, -0.15) is 13.2 Å². The lowest BCUT2D eigenvalue weighted by atomic mass is 10.1.